The van der Waals surface area contributed by atoms with Crippen LogP contribution in [0.25, 0.3) is 0 Å². The SMILES string of the molecule is Cc1[nH]ncc1CNC(=O)NCC1CCN(CC(F)(F)F)CC1. The lowest BCUT2D eigenvalue weighted by Gasteiger charge is -2.32. The summed E-state index contributed by atoms with van der Waals surface area (Å²) in [5.74, 6) is 0.223. The molecule has 2 amide bonds. The van der Waals surface area contributed by atoms with Crippen molar-refractivity contribution in [2.45, 2.75) is 32.5 Å². The molecule has 1 saturated heterocycles. The number of carbonyl (C=O) groups excluding carboxylic acids is 1. The number of rotatable bonds is 5. The van der Waals surface area contributed by atoms with E-state index in [1.54, 1.807) is 6.20 Å². The molecule has 0 unspecified atom stereocenters. The van der Waals surface area contributed by atoms with Gasteiger partial charge >= 0.3 is 12.2 Å². The molecule has 1 aromatic heterocycles. The fraction of sp³-hybridized carbons (Fsp3) is 0.714. The number of aromatic nitrogens is 2. The number of alkyl halides is 3. The Morgan fingerprint density at radius 2 is 2.09 bits per heavy atom. The molecule has 2 rings (SSSR count). The summed E-state index contributed by atoms with van der Waals surface area (Å²) in [5, 5.41) is 12.2. The third kappa shape index (κ3) is 6.09. The number of aromatic amines is 1. The van der Waals surface area contributed by atoms with Crippen molar-refractivity contribution >= 4 is 6.03 Å². The average molecular weight is 333 g/mol. The molecule has 9 heteroatoms. The molecule has 130 valence electrons. The van der Waals surface area contributed by atoms with Gasteiger partial charge in [0.2, 0.25) is 0 Å². The van der Waals surface area contributed by atoms with Crippen LogP contribution in [0.15, 0.2) is 6.20 Å². The second-order valence-electron chi connectivity index (χ2n) is 5.92. The second-order valence-corrected chi connectivity index (χ2v) is 5.92. The highest BCUT2D eigenvalue weighted by atomic mass is 19.4. The minimum Gasteiger partial charge on any atom is -0.338 e. The van der Waals surface area contributed by atoms with E-state index >= 15 is 0 Å². The van der Waals surface area contributed by atoms with E-state index in [9.17, 15) is 18.0 Å². The van der Waals surface area contributed by atoms with Gasteiger partial charge in [0.15, 0.2) is 0 Å². The first-order valence-corrected chi connectivity index (χ1v) is 7.63. The van der Waals surface area contributed by atoms with Crippen LogP contribution in [-0.4, -0.2) is 53.5 Å². The Hall–Kier alpha value is -1.77. The molecule has 0 aliphatic carbocycles. The number of halogens is 3. The zero-order chi connectivity index (χ0) is 16.9. The van der Waals surface area contributed by atoms with Gasteiger partial charge < -0.3 is 10.6 Å². The molecule has 0 aromatic carbocycles. The van der Waals surface area contributed by atoms with Gasteiger partial charge in [-0.1, -0.05) is 0 Å². The third-order valence-corrected chi connectivity index (χ3v) is 4.04. The van der Waals surface area contributed by atoms with Gasteiger partial charge in [-0.25, -0.2) is 4.79 Å². The van der Waals surface area contributed by atoms with Crippen molar-refractivity contribution in [3.63, 3.8) is 0 Å². The summed E-state index contributed by atoms with van der Waals surface area (Å²) in [5.41, 5.74) is 1.82. The molecule has 3 N–H and O–H groups in total. The maximum absolute atomic E-state index is 12.3. The van der Waals surface area contributed by atoms with Gasteiger partial charge in [0.1, 0.15) is 0 Å². The van der Waals surface area contributed by atoms with Crippen LogP contribution in [0.3, 0.4) is 0 Å². The topological polar surface area (TPSA) is 73.0 Å². The predicted molar refractivity (Wildman–Crippen MR) is 78.8 cm³/mol. The number of nitrogens with one attached hydrogen (secondary N) is 3. The molecule has 1 aromatic rings. The Morgan fingerprint density at radius 1 is 1.39 bits per heavy atom. The van der Waals surface area contributed by atoms with Crippen LogP contribution in [0.5, 0.6) is 0 Å². The second kappa shape index (κ2) is 7.67. The van der Waals surface area contributed by atoms with E-state index in [0.29, 0.717) is 39.0 Å². The van der Waals surface area contributed by atoms with Crippen molar-refractivity contribution in [1.29, 1.82) is 0 Å². The number of urea groups is 1. The van der Waals surface area contributed by atoms with Gasteiger partial charge in [0.25, 0.3) is 0 Å². The summed E-state index contributed by atoms with van der Waals surface area (Å²) in [4.78, 5) is 13.1. The Kier molecular flexibility index (Phi) is 5.86. The molecule has 6 nitrogen and oxygen atoms in total. The molecular formula is C14H22F3N5O. The number of carbonyl (C=O) groups is 1. The van der Waals surface area contributed by atoms with Crippen molar-refractivity contribution in [3.8, 4) is 0 Å². The summed E-state index contributed by atoms with van der Waals surface area (Å²) in [6.45, 7) is 2.73. The number of hydrogen-bond donors (Lipinski definition) is 3. The monoisotopic (exact) mass is 333 g/mol. The fourth-order valence-electron chi connectivity index (χ4n) is 2.63. The highest BCUT2D eigenvalue weighted by Gasteiger charge is 2.32. The molecule has 0 radical (unpaired) electrons. The standard InChI is InChI=1S/C14H22F3N5O/c1-10-12(8-20-21-10)7-19-13(23)18-6-11-2-4-22(5-3-11)9-14(15,16)17/h8,11H,2-7,9H2,1H3,(H,20,21)(H2,18,19,23). The number of amides is 2. The molecule has 0 bridgehead atoms. The zero-order valence-electron chi connectivity index (χ0n) is 13.0. The average Bonchev–Trinajstić information content (AvgIpc) is 2.88. The van der Waals surface area contributed by atoms with E-state index in [2.05, 4.69) is 20.8 Å². The molecule has 0 saturated carbocycles. The number of aryl methyl sites for hydroxylation is 1. The van der Waals surface area contributed by atoms with E-state index < -0.39 is 12.7 Å². The van der Waals surface area contributed by atoms with Gasteiger partial charge in [-0.3, -0.25) is 10.00 Å². The lowest BCUT2D eigenvalue weighted by molar-refractivity contribution is -0.148. The molecule has 1 aliphatic heterocycles. The minimum atomic E-state index is -4.14. The van der Waals surface area contributed by atoms with Gasteiger partial charge in [0.05, 0.1) is 12.7 Å². The number of piperidine rings is 1. The summed E-state index contributed by atoms with van der Waals surface area (Å²) >= 11 is 0. The van der Waals surface area contributed by atoms with Crippen LogP contribution < -0.4 is 10.6 Å². The number of nitrogens with zero attached hydrogens (tertiary/aromatic N) is 2. The van der Waals surface area contributed by atoms with Gasteiger partial charge in [0, 0.05) is 24.3 Å². The third-order valence-electron chi connectivity index (χ3n) is 4.04. The highest BCUT2D eigenvalue weighted by molar-refractivity contribution is 5.73. The summed E-state index contributed by atoms with van der Waals surface area (Å²) in [6.07, 6.45) is -1.16. The van der Waals surface area contributed by atoms with E-state index in [1.807, 2.05) is 6.92 Å². The van der Waals surface area contributed by atoms with Gasteiger partial charge in [-0.05, 0) is 38.8 Å². The summed E-state index contributed by atoms with van der Waals surface area (Å²) < 4.78 is 36.9. The van der Waals surface area contributed by atoms with Crippen molar-refractivity contribution in [2.24, 2.45) is 5.92 Å². The van der Waals surface area contributed by atoms with E-state index in [4.69, 9.17) is 0 Å². The molecule has 1 fully saturated rings. The number of hydrogen-bond acceptors (Lipinski definition) is 3. The van der Waals surface area contributed by atoms with Crippen LogP contribution >= 0.6 is 0 Å². The van der Waals surface area contributed by atoms with Crippen LogP contribution in [0.4, 0.5) is 18.0 Å². The Labute approximate surface area is 132 Å². The van der Waals surface area contributed by atoms with E-state index in [-0.39, 0.29) is 11.9 Å². The quantitative estimate of drug-likeness (QED) is 0.769. The molecule has 2 heterocycles. The van der Waals surface area contributed by atoms with Gasteiger partial charge in [-0.15, -0.1) is 0 Å². The largest absolute Gasteiger partial charge is 0.401 e. The first-order chi connectivity index (χ1) is 10.8. The van der Waals surface area contributed by atoms with Crippen molar-refractivity contribution in [2.75, 3.05) is 26.2 Å². The normalized spacial score (nSPS) is 17.2. The van der Waals surface area contributed by atoms with Gasteiger partial charge in [-0.2, -0.15) is 18.3 Å². The van der Waals surface area contributed by atoms with Crippen LogP contribution in [-0.2, 0) is 6.54 Å². The first-order valence-electron chi connectivity index (χ1n) is 7.63. The van der Waals surface area contributed by atoms with Crippen molar-refractivity contribution in [3.05, 3.63) is 17.5 Å². The number of likely N-dealkylation sites (tertiary alicyclic amines) is 1. The molecular weight excluding hydrogens is 311 g/mol. The van der Waals surface area contributed by atoms with E-state index in [1.165, 1.54) is 4.90 Å². The lowest BCUT2D eigenvalue weighted by Crippen LogP contribution is -2.44. The molecule has 1 aliphatic rings. The van der Waals surface area contributed by atoms with Crippen LogP contribution in [0, 0.1) is 12.8 Å². The minimum absolute atomic E-state index is 0.223. The molecule has 0 atom stereocenters. The Morgan fingerprint density at radius 3 is 2.65 bits per heavy atom. The lowest BCUT2D eigenvalue weighted by atomic mass is 9.97. The summed E-state index contributed by atoms with van der Waals surface area (Å²) in [6, 6.07) is -0.275. The maximum atomic E-state index is 12.3. The molecule has 0 spiro atoms. The van der Waals surface area contributed by atoms with Crippen molar-refractivity contribution < 1.29 is 18.0 Å². The van der Waals surface area contributed by atoms with Crippen LogP contribution in [0.1, 0.15) is 24.1 Å². The number of H-pyrrole nitrogens is 1. The molecule has 23 heavy (non-hydrogen) atoms. The maximum Gasteiger partial charge on any atom is 0.401 e. The Bertz CT molecular complexity index is 509. The van der Waals surface area contributed by atoms with Crippen molar-refractivity contribution in [1.82, 2.24) is 25.7 Å². The predicted octanol–water partition coefficient (Wildman–Crippen LogP) is 1.79. The van der Waals surface area contributed by atoms with Crippen LogP contribution in [0.2, 0.25) is 0 Å². The Balaban J connectivity index is 1.61. The zero-order valence-corrected chi connectivity index (χ0v) is 13.0. The fourth-order valence-corrected chi connectivity index (χ4v) is 2.63. The first kappa shape index (κ1) is 17.6. The summed E-state index contributed by atoms with van der Waals surface area (Å²) in [7, 11) is 0. The van der Waals surface area contributed by atoms with E-state index in [0.717, 1.165) is 11.3 Å². The highest BCUT2D eigenvalue weighted by Crippen LogP contribution is 2.22. The smallest absolute Gasteiger partial charge is 0.338 e.